The van der Waals surface area contributed by atoms with Gasteiger partial charge in [0.05, 0.1) is 6.04 Å². The third-order valence-electron chi connectivity index (χ3n) is 4.39. The topological polar surface area (TPSA) is 55.6 Å². The van der Waals surface area contributed by atoms with Gasteiger partial charge in [-0.2, -0.15) is 0 Å². The quantitative estimate of drug-likeness (QED) is 0.844. The van der Waals surface area contributed by atoms with E-state index < -0.39 is 0 Å². The van der Waals surface area contributed by atoms with Gasteiger partial charge in [0.25, 0.3) is 0 Å². The van der Waals surface area contributed by atoms with Crippen molar-refractivity contribution in [3.63, 3.8) is 0 Å². The maximum absolute atomic E-state index is 12.4. The second-order valence-corrected chi connectivity index (χ2v) is 5.84. The van der Waals surface area contributed by atoms with E-state index in [0.717, 1.165) is 57.9 Å². The zero-order chi connectivity index (χ0) is 13.0. The molecule has 0 saturated carbocycles. The first kappa shape index (κ1) is 16.7. The molecule has 112 valence electrons. The van der Waals surface area contributed by atoms with E-state index in [2.05, 4.69) is 6.92 Å². The SMILES string of the molecule is CC1CCCN(C(=O)C(N)C2CCOCC2)CC1.Cl. The Morgan fingerprint density at radius 1 is 1.21 bits per heavy atom. The molecule has 2 N–H and O–H groups in total. The van der Waals surface area contributed by atoms with Crippen LogP contribution in [-0.2, 0) is 9.53 Å². The van der Waals surface area contributed by atoms with Gasteiger partial charge in [-0.15, -0.1) is 12.4 Å². The van der Waals surface area contributed by atoms with Crippen LogP contribution in [0.5, 0.6) is 0 Å². The van der Waals surface area contributed by atoms with Crippen LogP contribution < -0.4 is 5.73 Å². The molecule has 19 heavy (non-hydrogen) atoms. The molecule has 1 amide bonds. The van der Waals surface area contributed by atoms with E-state index in [4.69, 9.17) is 10.5 Å². The summed E-state index contributed by atoms with van der Waals surface area (Å²) >= 11 is 0. The molecule has 0 aromatic heterocycles. The lowest BCUT2D eigenvalue weighted by Gasteiger charge is -2.31. The van der Waals surface area contributed by atoms with Crippen molar-refractivity contribution in [2.45, 2.75) is 45.1 Å². The fraction of sp³-hybridized carbons (Fsp3) is 0.929. The first-order valence-electron chi connectivity index (χ1n) is 7.30. The number of likely N-dealkylation sites (tertiary alicyclic amines) is 1. The molecule has 0 aromatic carbocycles. The Morgan fingerprint density at radius 2 is 1.89 bits per heavy atom. The second-order valence-electron chi connectivity index (χ2n) is 5.84. The Labute approximate surface area is 122 Å². The highest BCUT2D eigenvalue weighted by Crippen LogP contribution is 2.21. The number of nitrogens with zero attached hydrogens (tertiary/aromatic N) is 1. The van der Waals surface area contributed by atoms with E-state index in [1.807, 2.05) is 4.90 Å². The average Bonchev–Trinajstić information content (AvgIpc) is 2.63. The molecule has 5 heteroatoms. The van der Waals surface area contributed by atoms with Gasteiger partial charge in [0.1, 0.15) is 0 Å². The van der Waals surface area contributed by atoms with Crippen molar-refractivity contribution in [3.8, 4) is 0 Å². The summed E-state index contributed by atoms with van der Waals surface area (Å²) < 4.78 is 5.33. The fourth-order valence-electron chi connectivity index (χ4n) is 2.97. The van der Waals surface area contributed by atoms with E-state index in [1.54, 1.807) is 0 Å². The summed E-state index contributed by atoms with van der Waals surface area (Å²) in [5, 5.41) is 0. The molecule has 0 aliphatic carbocycles. The van der Waals surface area contributed by atoms with Crippen LogP contribution >= 0.6 is 12.4 Å². The van der Waals surface area contributed by atoms with Crippen LogP contribution in [0.2, 0.25) is 0 Å². The van der Waals surface area contributed by atoms with Crippen LogP contribution in [0.4, 0.5) is 0 Å². The van der Waals surface area contributed by atoms with Crippen molar-refractivity contribution in [2.24, 2.45) is 17.6 Å². The summed E-state index contributed by atoms with van der Waals surface area (Å²) in [6.45, 7) is 5.55. The van der Waals surface area contributed by atoms with Crippen molar-refractivity contribution in [3.05, 3.63) is 0 Å². The first-order valence-corrected chi connectivity index (χ1v) is 7.30. The van der Waals surface area contributed by atoms with Gasteiger partial charge in [0.15, 0.2) is 0 Å². The van der Waals surface area contributed by atoms with Gasteiger partial charge in [-0.3, -0.25) is 4.79 Å². The number of rotatable bonds is 2. The number of carbonyl (C=O) groups is 1. The van der Waals surface area contributed by atoms with E-state index in [-0.39, 0.29) is 24.4 Å². The first-order chi connectivity index (χ1) is 8.68. The van der Waals surface area contributed by atoms with Gasteiger partial charge in [0.2, 0.25) is 5.91 Å². The minimum absolute atomic E-state index is 0. The molecule has 0 aromatic rings. The minimum atomic E-state index is -0.317. The monoisotopic (exact) mass is 290 g/mol. The van der Waals surface area contributed by atoms with Crippen molar-refractivity contribution in [1.82, 2.24) is 4.90 Å². The zero-order valence-corrected chi connectivity index (χ0v) is 12.7. The lowest BCUT2D eigenvalue weighted by atomic mass is 9.91. The van der Waals surface area contributed by atoms with Crippen molar-refractivity contribution in [2.75, 3.05) is 26.3 Å². The van der Waals surface area contributed by atoms with E-state index >= 15 is 0 Å². The van der Waals surface area contributed by atoms with E-state index in [0.29, 0.717) is 5.92 Å². The molecule has 2 atom stereocenters. The van der Waals surface area contributed by atoms with Crippen molar-refractivity contribution in [1.29, 1.82) is 0 Å². The molecule has 2 saturated heterocycles. The summed E-state index contributed by atoms with van der Waals surface area (Å²) in [5.74, 6) is 1.21. The predicted molar refractivity (Wildman–Crippen MR) is 78.4 cm³/mol. The number of halogens is 1. The standard InChI is InChI=1S/C14H26N2O2.ClH/c1-11-3-2-7-16(8-4-11)14(17)13(15)12-5-9-18-10-6-12;/h11-13H,2-10,15H2,1H3;1H. The van der Waals surface area contributed by atoms with Crippen LogP contribution in [0.15, 0.2) is 0 Å². The Kier molecular flexibility index (Phi) is 7.11. The molecule has 2 fully saturated rings. The lowest BCUT2D eigenvalue weighted by molar-refractivity contribution is -0.134. The van der Waals surface area contributed by atoms with Gasteiger partial charge >= 0.3 is 0 Å². The molecule has 2 aliphatic rings. The number of nitrogens with two attached hydrogens (primary N) is 1. The molecular weight excluding hydrogens is 264 g/mol. The van der Waals surface area contributed by atoms with Gasteiger partial charge in [-0.1, -0.05) is 6.92 Å². The maximum Gasteiger partial charge on any atom is 0.239 e. The molecule has 2 aliphatic heterocycles. The molecule has 2 heterocycles. The predicted octanol–water partition coefficient (Wildman–Crippen LogP) is 1.81. The molecule has 0 radical (unpaired) electrons. The normalized spacial score (nSPS) is 27.3. The number of hydrogen-bond acceptors (Lipinski definition) is 3. The number of amides is 1. The highest BCUT2D eigenvalue weighted by Gasteiger charge is 2.30. The summed E-state index contributed by atoms with van der Waals surface area (Å²) in [4.78, 5) is 14.4. The minimum Gasteiger partial charge on any atom is -0.381 e. The van der Waals surface area contributed by atoms with E-state index in [9.17, 15) is 4.79 Å². The summed E-state index contributed by atoms with van der Waals surface area (Å²) in [6.07, 6.45) is 5.32. The smallest absolute Gasteiger partial charge is 0.239 e. The van der Waals surface area contributed by atoms with Gasteiger partial charge < -0.3 is 15.4 Å². The molecular formula is C14H27ClN2O2. The highest BCUT2D eigenvalue weighted by atomic mass is 35.5. The van der Waals surface area contributed by atoms with Crippen molar-refractivity contribution >= 4 is 18.3 Å². The second kappa shape index (κ2) is 8.08. The molecule has 4 nitrogen and oxygen atoms in total. The fourth-order valence-corrected chi connectivity index (χ4v) is 2.97. The summed E-state index contributed by atoms with van der Waals surface area (Å²) in [6, 6.07) is -0.317. The van der Waals surface area contributed by atoms with Gasteiger partial charge in [-0.05, 0) is 43.9 Å². The van der Waals surface area contributed by atoms with Crippen LogP contribution in [0, 0.1) is 11.8 Å². The van der Waals surface area contributed by atoms with Crippen LogP contribution in [0.25, 0.3) is 0 Å². The van der Waals surface area contributed by atoms with Gasteiger partial charge in [-0.25, -0.2) is 0 Å². The molecule has 0 bridgehead atoms. The summed E-state index contributed by atoms with van der Waals surface area (Å²) in [7, 11) is 0. The molecule has 2 rings (SSSR count). The highest BCUT2D eigenvalue weighted by molar-refractivity contribution is 5.85. The van der Waals surface area contributed by atoms with Crippen LogP contribution in [-0.4, -0.2) is 43.2 Å². The molecule has 0 spiro atoms. The number of hydrogen-bond donors (Lipinski definition) is 1. The third-order valence-corrected chi connectivity index (χ3v) is 4.39. The Hall–Kier alpha value is -0.320. The van der Waals surface area contributed by atoms with Gasteiger partial charge in [0, 0.05) is 26.3 Å². The Balaban J connectivity index is 0.00000180. The van der Waals surface area contributed by atoms with Crippen LogP contribution in [0.1, 0.15) is 39.0 Å². The third kappa shape index (κ3) is 4.62. The average molecular weight is 291 g/mol. The Bertz CT molecular complexity index is 279. The summed E-state index contributed by atoms with van der Waals surface area (Å²) in [5.41, 5.74) is 6.16. The Morgan fingerprint density at radius 3 is 2.58 bits per heavy atom. The maximum atomic E-state index is 12.4. The zero-order valence-electron chi connectivity index (χ0n) is 11.8. The van der Waals surface area contributed by atoms with Crippen molar-refractivity contribution < 1.29 is 9.53 Å². The largest absolute Gasteiger partial charge is 0.381 e. The number of ether oxygens (including phenoxy) is 1. The van der Waals surface area contributed by atoms with E-state index in [1.165, 1.54) is 6.42 Å². The van der Waals surface area contributed by atoms with Crippen LogP contribution in [0.3, 0.4) is 0 Å². The lowest BCUT2D eigenvalue weighted by Crippen LogP contribution is -2.49. The number of carbonyl (C=O) groups excluding carboxylic acids is 1. The molecule has 2 unspecified atom stereocenters.